The molecular formula is C16H23NO5S. The smallest absolute Gasteiger partial charge is 0.243 e. The maximum Gasteiger partial charge on any atom is 0.243 e. The predicted octanol–water partition coefficient (Wildman–Crippen LogP) is 1.39. The normalized spacial score (nSPS) is 25.4. The number of aliphatic hydroxyl groups excluding tert-OH is 1. The van der Waals surface area contributed by atoms with Crippen molar-refractivity contribution in [2.24, 2.45) is 0 Å². The van der Waals surface area contributed by atoms with Gasteiger partial charge in [-0.25, -0.2) is 8.42 Å². The summed E-state index contributed by atoms with van der Waals surface area (Å²) in [6, 6.07) is 6.50. The van der Waals surface area contributed by atoms with Crippen LogP contribution in [-0.4, -0.2) is 56.3 Å². The Morgan fingerprint density at radius 3 is 2.74 bits per heavy atom. The van der Waals surface area contributed by atoms with E-state index in [1.165, 1.54) is 17.5 Å². The number of benzene rings is 1. The summed E-state index contributed by atoms with van der Waals surface area (Å²) in [4.78, 5) is 0.234. The highest BCUT2D eigenvalue weighted by Crippen LogP contribution is 2.36. The molecule has 23 heavy (non-hydrogen) atoms. The number of methoxy groups -OCH3 is 1. The van der Waals surface area contributed by atoms with Crippen molar-refractivity contribution in [3.8, 4) is 5.75 Å². The molecule has 3 rings (SSSR count). The molecule has 6 nitrogen and oxygen atoms in total. The Morgan fingerprint density at radius 2 is 2.09 bits per heavy atom. The van der Waals surface area contributed by atoms with Crippen LogP contribution in [-0.2, 0) is 14.8 Å². The summed E-state index contributed by atoms with van der Waals surface area (Å²) in [5.41, 5.74) is -0.571. The van der Waals surface area contributed by atoms with Gasteiger partial charge in [0.05, 0.1) is 23.7 Å². The Bertz CT molecular complexity index is 652. The summed E-state index contributed by atoms with van der Waals surface area (Å²) in [5.74, 6) is 0.519. The molecule has 0 aliphatic carbocycles. The van der Waals surface area contributed by atoms with Crippen LogP contribution in [0.4, 0.5) is 0 Å². The molecule has 128 valence electrons. The molecule has 0 aromatic heterocycles. The van der Waals surface area contributed by atoms with Gasteiger partial charge < -0.3 is 14.6 Å². The average molecular weight is 341 g/mol. The third-order valence-corrected chi connectivity index (χ3v) is 6.76. The van der Waals surface area contributed by atoms with Gasteiger partial charge in [-0.3, -0.25) is 0 Å². The maximum atomic E-state index is 12.8. The van der Waals surface area contributed by atoms with Gasteiger partial charge in [-0.2, -0.15) is 4.31 Å². The van der Waals surface area contributed by atoms with Gasteiger partial charge in [-0.15, -0.1) is 0 Å². The van der Waals surface area contributed by atoms with E-state index < -0.39 is 21.7 Å². The van der Waals surface area contributed by atoms with E-state index in [1.54, 1.807) is 18.2 Å². The minimum Gasteiger partial charge on any atom is -0.497 e. The van der Waals surface area contributed by atoms with E-state index in [2.05, 4.69) is 0 Å². The highest BCUT2D eigenvalue weighted by atomic mass is 32.2. The first kappa shape index (κ1) is 16.7. The first-order valence-corrected chi connectivity index (χ1v) is 9.38. The van der Waals surface area contributed by atoms with Crippen LogP contribution < -0.4 is 4.74 Å². The zero-order chi connectivity index (χ0) is 16.5. The Morgan fingerprint density at radius 1 is 1.35 bits per heavy atom. The van der Waals surface area contributed by atoms with E-state index in [-0.39, 0.29) is 4.90 Å². The molecule has 2 aliphatic rings. The lowest BCUT2D eigenvalue weighted by molar-refractivity contribution is -0.172. The van der Waals surface area contributed by atoms with E-state index in [4.69, 9.17) is 9.47 Å². The van der Waals surface area contributed by atoms with Crippen LogP contribution >= 0.6 is 0 Å². The number of piperidine rings is 1. The minimum atomic E-state index is -3.55. The number of hydrogen-bond donors (Lipinski definition) is 1. The molecule has 1 aromatic rings. The van der Waals surface area contributed by atoms with Crippen molar-refractivity contribution < 1.29 is 23.0 Å². The van der Waals surface area contributed by atoms with Gasteiger partial charge in [-0.1, -0.05) is 6.07 Å². The number of hydrogen-bond acceptors (Lipinski definition) is 5. The van der Waals surface area contributed by atoms with Crippen molar-refractivity contribution in [2.45, 2.75) is 42.3 Å². The predicted molar refractivity (Wildman–Crippen MR) is 84.9 cm³/mol. The Kier molecular flexibility index (Phi) is 4.64. The van der Waals surface area contributed by atoms with Crippen molar-refractivity contribution in [2.75, 3.05) is 26.8 Å². The van der Waals surface area contributed by atoms with Crippen molar-refractivity contribution in [3.05, 3.63) is 24.3 Å². The van der Waals surface area contributed by atoms with Crippen LogP contribution in [0.5, 0.6) is 5.75 Å². The molecule has 7 heteroatoms. The first-order chi connectivity index (χ1) is 11.0. The summed E-state index contributed by atoms with van der Waals surface area (Å²) in [7, 11) is -2.04. The van der Waals surface area contributed by atoms with Crippen molar-refractivity contribution in [1.82, 2.24) is 4.31 Å². The summed E-state index contributed by atoms with van der Waals surface area (Å²) in [6.45, 7) is 1.35. The van der Waals surface area contributed by atoms with Gasteiger partial charge in [0.15, 0.2) is 0 Å². The molecule has 2 heterocycles. The minimum absolute atomic E-state index is 0.234. The number of ether oxygens (including phenoxy) is 2. The second kappa shape index (κ2) is 6.39. The monoisotopic (exact) mass is 341 g/mol. The molecule has 1 atom stereocenters. The van der Waals surface area contributed by atoms with Crippen LogP contribution in [0.15, 0.2) is 29.2 Å². The maximum absolute atomic E-state index is 12.8. The van der Waals surface area contributed by atoms with Gasteiger partial charge in [0.2, 0.25) is 10.0 Å². The molecule has 1 spiro atoms. The Labute approximate surface area is 137 Å². The summed E-state index contributed by atoms with van der Waals surface area (Å²) >= 11 is 0. The lowest BCUT2D eigenvalue weighted by Gasteiger charge is -2.46. The molecule has 0 bridgehead atoms. The number of aliphatic hydroxyl groups is 1. The summed E-state index contributed by atoms with van der Waals surface area (Å²) in [6.07, 6.45) is 2.13. The Balaban J connectivity index is 1.75. The van der Waals surface area contributed by atoms with Gasteiger partial charge in [0, 0.05) is 25.8 Å². The van der Waals surface area contributed by atoms with E-state index in [9.17, 15) is 13.5 Å². The van der Waals surface area contributed by atoms with Crippen LogP contribution in [0.3, 0.4) is 0 Å². The van der Waals surface area contributed by atoms with E-state index >= 15 is 0 Å². The van der Waals surface area contributed by atoms with Gasteiger partial charge in [0.1, 0.15) is 5.75 Å². The summed E-state index contributed by atoms with van der Waals surface area (Å²) < 4.78 is 38.0. The fourth-order valence-electron chi connectivity index (χ4n) is 3.40. The second-order valence-electron chi connectivity index (χ2n) is 6.15. The molecule has 0 saturated carbocycles. The van der Waals surface area contributed by atoms with Gasteiger partial charge >= 0.3 is 0 Å². The van der Waals surface area contributed by atoms with E-state index in [0.29, 0.717) is 38.3 Å². The van der Waals surface area contributed by atoms with Crippen LogP contribution in [0.25, 0.3) is 0 Å². The zero-order valence-electron chi connectivity index (χ0n) is 13.3. The highest BCUT2D eigenvalue weighted by Gasteiger charge is 2.45. The topological polar surface area (TPSA) is 76.1 Å². The number of sulfonamides is 1. The van der Waals surface area contributed by atoms with Crippen LogP contribution in [0.2, 0.25) is 0 Å². The van der Waals surface area contributed by atoms with Crippen molar-refractivity contribution in [1.29, 1.82) is 0 Å². The molecular weight excluding hydrogens is 318 g/mol. The van der Waals surface area contributed by atoms with E-state index in [0.717, 1.165) is 12.8 Å². The number of nitrogens with zero attached hydrogens (tertiary/aromatic N) is 1. The van der Waals surface area contributed by atoms with Crippen LogP contribution in [0.1, 0.15) is 25.7 Å². The van der Waals surface area contributed by atoms with E-state index in [1.807, 2.05) is 0 Å². The van der Waals surface area contributed by atoms with Gasteiger partial charge in [-0.05, 0) is 37.8 Å². The summed E-state index contributed by atoms with van der Waals surface area (Å²) in [5, 5.41) is 10.2. The molecule has 1 N–H and O–H groups in total. The first-order valence-electron chi connectivity index (χ1n) is 7.94. The fraction of sp³-hybridized carbons (Fsp3) is 0.625. The molecule has 2 aliphatic heterocycles. The second-order valence-corrected chi connectivity index (χ2v) is 8.09. The van der Waals surface area contributed by atoms with Gasteiger partial charge in [0.25, 0.3) is 0 Å². The molecule has 0 amide bonds. The van der Waals surface area contributed by atoms with Crippen LogP contribution in [0, 0.1) is 0 Å². The molecule has 0 unspecified atom stereocenters. The lowest BCUT2D eigenvalue weighted by Crippen LogP contribution is -2.56. The van der Waals surface area contributed by atoms with Crippen molar-refractivity contribution >= 4 is 10.0 Å². The lowest BCUT2D eigenvalue weighted by atomic mass is 9.82. The molecule has 0 radical (unpaired) electrons. The average Bonchev–Trinajstić information content (AvgIpc) is 2.58. The standard InChI is InChI=1S/C16H23NO5S/c1-21-13-4-2-5-14(12-13)23(19,20)17-9-7-16(8-10-17)15(18)6-3-11-22-16/h2,4-5,12,15,18H,3,6-11H2,1H3/t15-/m0/s1. The quantitative estimate of drug-likeness (QED) is 0.899. The fourth-order valence-corrected chi connectivity index (χ4v) is 4.88. The third kappa shape index (κ3) is 3.10. The number of rotatable bonds is 3. The Hall–Kier alpha value is -1.15. The molecule has 2 fully saturated rings. The molecule has 2 saturated heterocycles. The SMILES string of the molecule is COc1cccc(S(=O)(=O)N2CCC3(CC2)OCCC[C@@H]3O)c1. The third-order valence-electron chi connectivity index (χ3n) is 4.87. The largest absolute Gasteiger partial charge is 0.497 e. The highest BCUT2D eigenvalue weighted by molar-refractivity contribution is 7.89. The van der Waals surface area contributed by atoms with Crippen molar-refractivity contribution in [3.63, 3.8) is 0 Å². The zero-order valence-corrected chi connectivity index (χ0v) is 14.1. The molecule has 1 aromatic carbocycles.